The first-order chi connectivity index (χ1) is 15.7. The maximum Gasteiger partial charge on any atom is 0.317 e. The van der Waals surface area contributed by atoms with E-state index in [4.69, 9.17) is 14.2 Å². The molecule has 2 atom stereocenters. The number of ether oxygens (including phenoxy) is 3. The molecule has 174 valence electrons. The van der Waals surface area contributed by atoms with Crippen molar-refractivity contribution in [2.45, 2.75) is 63.1 Å². The lowest BCUT2D eigenvalue weighted by Gasteiger charge is -2.37. The minimum Gasteiger partial charge on any atom is -0.494 e. The fraction of sp³-hybridized carbons (Fsp3) is 0.583. The number of nitrogens with zero attached hydrogens (tertiary/aromatic N) is 2. The van der Waals surface area contributed by atoms with E-state index in [2.05, 4.69) is 10.3 Å². The van der Waals surface area contributed by atoms with Crippen molar-refractivity contribution in [2.24, 2.45) is 0 Å². The normalized spacial score (nSPS) is 20.7. The van der Waals surface area contributed by atoms with E-state index in [-0.39, 0.29) is 24.9 Å². The van der Waals surface area contributed by atoms with Gasteiger partial charge in [0, 0.05) is 31.1 Å². The monoisotopic (exact) mass is 443 g/mol. The molecule has 2 N–H and O–H groups in total. The number of hydrogen-bond acceptors (Lipinski definition) is 6. The molecule has 32 heavy (non-hydrogen) atoms. The van der Waals surface area contributed by atoms with Crippen molar-refractivity contribution in [3.8, 4) is 11.6 Å². The largest absolute Gasteiger partial charge is 0.494 e. The molecule has 0 spiro atoms. The predicted octanol–water partition coefficient (Wildman–Crippen LogP) is 3.46. The van der Waals surface area contributed by atoms with Gasteiger partial charge >= 0.3 is 6.03 Å². The molecule has 2 saturated carbocycles. The van der Waals surface area contributed by atoms with E-state index in [0.717, 1.165) is 55.2 Å². The fourth-order valence-corrected chi connectivity index (χ4v) is 4.28. The first-order valence-electron chi connectivity index (χ1n) is 11.6. The summed E-state index contributed by atoms with van der Waals surface area (Å²) < 4.78 is 16.1. The van der Waals surface area contributed by atoms with Crippen LogP contribution < -0.4 is 14.8 Å². The van der Waals surface area contributed by atoms with Gasteiger partial charge in [0.2, 0.25) is 5.88 Å². The molecule has 2 amide bonds. The zero-order valence-corrected chi connectivity index (χ0v) is 18.7. The summed E-state index contributed by atoms with van der Waals surface area (Å²) in [7, 11) is 1.57. The average Bonchev–Trinajstić information content (AvgIpc) is 3.64. The van der Waals surface area contributed by atoms with E-state index in [0.29, 0.717) is 25.5 Å². The van der Waals surface area contributed by atoms with Crippen LogP contribution in [-0.2, 0) is 4.74 Å². The molecular weight excluding hydrogens is 410 g/mol. The number of nitrogens with one attached hydrogen (secondary N) is 1. The van der Waals surface area contributed by atoms with Crippen LogP contribution in [-0.4, -0.2) is 66.3 Å². The number of pyridine rings is 1. The Morgan fingerprint density at radius 1 is 1.16 bits per heavy atom. The van der Waals surface area contributed by atoms with Crippen molar-refractivity contribution in [3.63, 3.8) is 0 Å². The lowest BCUT2D eigenvalue weighted by molar-refractivity contribution is 0.0333. The molecule has 2 aliphatic carbocycles. The smallest absolute Gasteiger partial charge is 0.317 e. The number of benzene rings is 1. The van der Waals surface area contributed by atoms with Gasteiger partial charge in [-0.2, -0.15) is 0 Å². The molecule has 2 unspecified atom stereocenters. The second kappa shape index (κ2) is 10.8. The first kappa shape index (κ1) is 22.6. The van der Waals surface area contributed by atoms with Crippen molar-refractivity contribution in [1.82, 2.24) is 15.2 Å². The van der Waals surface area contributed by atoms with Gasteiger partial charge in [-0.15, -0.1) is 0 Å². The minimum atomic E-state index is -0.400. The van der Waals surface area contributed by atoms with Crippen LogP contribution >= 0.6 is 0 Å². The molecule has 2 fully saturated rings. The number of hydrogen-bond donors (Lipinski definition) is 2. The SMILES string of the molecule is COCOc1ccc2cc(OCCCNC(=O)N(C3CC3)C3CCCCC3O)ccc2n1. The summed E-state index contributed by atoms with van der Waals surface area (Å²) in [4.78, 5) is 19.1. The van der Waals surface area contributed by atoms with Gasteiger partial charge in [0.05, 0.1) is 24.3 Å². The Hall–Kier alpha value is -2.58. The number of rotatable bonds is 10. The van der Waals surface area contributed by atoms with Crippen molar-refractivity contribution >= 4 is 16.9 Å². The highest BCUT2D eigenvalue weighted by molar-refractivity contribution is 5.80. The van der Waals surface area contributed by atoms with Gasteiger partial charge in [-0.05, 0) is 56.4 Å². The molecule has 1 aromatic carbocycles. The number of methoxy groups -OCH3 is 1. The van der Waals surface area contributed by atoms with Crippen LogP contribution in [0.3, 0.4) is 0 Å². The molecule has 0 bridgehead atoms. The molecule has 2 aromatic rings. The molecule has 8 nitrogen and oxygen atoms in total. The summed E-state index contributed by atoms with van der Waals surface area (Å²) in [6.45, 7) is 1.21. The van der Waals surface area contributed by atoms with E-state index in [1.807, 2.05) is 29.2 Å². The molecule has 1 aromatic heterocycles. The highest BCUT2D eigenvalue weighted by Crippen LogP contribution is 2.34. The molecule has 1 heterocycles. The van der Waals surface area contributed by atoms with Crippen LogP contribution in [0.1, 0.15) is 44.9 Å². The number of aromatic nitrogens is 1. The number of aliphatic hydroxyl groups is 1. The molecular formula is C24H33N3O5. The number of carbonyl (C=O) groups is 1. The van der Waals surface area contributed by atoms with Crippen LogP contribution in [0, 0.1) is 0 Å². The number of amides is 2. The van der Waals surface area contributed by atoms with Gasteiger partial charge in [-0.1, -0.05) is 12.8 Å². The molecule has 0 radical (unpaired) electrons. The third-order valence-corrected chi connectivity index (χ3v) is 6.05. The second-order valence-corrected chi connectivity index (χ2v) is 8.55. The van der Waals surface area contributed by atoms with E-state index < -0.39 is 6.10 Å². The number of fused-ring (bicyclic) bond motifs is 1. The highest BCUT2D eigenvalue weighted by atomic mass is 16.7. The zero-order chi connectivity index (χ0) is 22.3. The summed E-state index contributed by atoms with van der Waals surface area (Å²) in [6.07, 6.45) is 6.19. The van der Waals surface area contributed by atoms with Crippen molar-refractivity contribution in [2.75, 3.05) is 27.1 Å². The van der Waals surface area contributed by atoms with E-state index in [1.54, 1.807) is 13.2 Å². The highest BCUT2D eigenvalue weighted by Gasteiger charge is 2.40. The van der Waals surface area contributed by atoms with Crippen LogP contribution in [0.25, 0.3) is 10.9 Å². The summed E-state index contributed by atoms with van der Waals surface area (Å²) in [6, 6.07) is 9.65. The van der Waals surface area contributed by atoms with E-state index >= 15 is 0 Å². The Kier molecular flexibility index (Phi) is 7.65. The van der Waals surface area contributed by atoms with Crippen LogP contribution in [0.15, 0.2) is 30.3 Å². The molecule has 2 aliphatic rings. The van der Waals surface area contributed by atoms with Gasteiger partial charge < -0.3 is 29.5 Å². The van der Waals surface area contributed by atoms with Gasteiger partial charge in [-0.25, -0.2) is 9.78 Å². The Morgan fingerprint density at radius 2 is 2.00 bits per heavy atom. The van der Waals surface area contributed by atoms with Crippen molar-refractivity contribution < 1.29 is 24.1 Å². The summed E-state index contributed by atoms with van der Waals surface area (Å²) in [5, 5.41) is 14.4. The topological polar surface area (TPSA) is 93.2 Å². The Balaban J connectivity index is 1.22. The van der Waals surface area contributed by atoms with Crippen molar-refractivity contribution in [3.05, 3.63) is 30.3 Å². The summed E-state index contributed by atoms with van der Waals surface area (Å²) in [5.41, 5.74) is 0.822. The zero-order valence-electron chi connectivity index (χ0n) is 18.7. The van der Waals surface area contributed by atoms with Crippen LogP contribution in [0.5, 0.6) is 11.6 Å². The fourth-order valence-electron chi connectivity index (χ4n) is 4.28. The van der Waals surface area contributed by atoms with Gasteiger partial charge in [0.1, 0.15) is 5.75 Å². The maximum absolute atomic E-state index is 12.8. The predicted molar refractivity (Wildman–Crippen MR) is 121 cm³/mol. The first-order valence-corrected chi connectivity index (χ1v) is 11.6. The third kappa shape index (κ3) is 5.81. The number of urea groups is 1. The lowest BCUT2D eigenvalue weighted by atomic mass is 9.91. The van der Waals surface area contributed by atoms with E-state index in [9.17, 15) is 9.90 Å². The molecule has 8 heteroatoms. The number of aliphatic hydroxyl groups excluding tert-OH is 1. The Labute approximate surface area is 188 Å². The van der Waals surface area contributed by atoms with Crippen LogP contribution in [0.2, 0.25) is 0 Å². The molecule has 0 saturated heterocycles. The molecule has 0 aliphatic heterocycles. The van der Waals surface area contributed by atoms with Crippen molar-refractivity contribution in [1.29, 1.82) is 0 Å². The standard InChI is InChI=1S/C24H33N3O5/c1-30-16-32-23-12-7-17-15-19(10-11-20(17)26-23)31-14-4-13-25-24(29)27(18-8-9-18)21-5-2-3-6-22(21)28/h7,10-12,15,18,21-22,28H,2-6,8-9,13-14,16H2,1H3,(H,25,29). The Morgan fingerprint density at radius 3 is 2.78 bits per heavy atom. The molecule has 4 rings (SSSR count). The van der Waals surface area contributed by atoms with Gasteiger partial charge in [0.25, 0.3) is 0 Å². The van der Waals surface area contributed by atoms with E-state index in [1.165, 1.54) is 0 Å². The maximum atomic E-state index is 12.8. The minimum absolute atomic E-state index is 0.0425. The van der Waals surface area contributed by atoms with Gasteiger partial charge in [0.15, 0.2) is 6.79 Å². The summed E-state index contributed by atoms with van der Waals surface area (Å²) in [5.74, 6) is 1.28. The average molecular weight is 444 g/mol. The van der Waals surface area contributed by atoms with Crippen LogP contribution in [0.4, 0.5) is 4.79 Å². The summed E-state index contributed by atoms with van der Waals surface area (Å²) >= 11 is 0. The number of carbonyl (C=O) groups excluding carboxylic acids is 1. The lowest BCUT2D eigenvalue weighted by Crippen LogP contribution is -2.53. The Bertz CT molecular complexity index is 904. The van der Waals surface area contributed by atoms with Gasteiger partial charge in [-0.3, -0.25) is 0 Å². The quantitative estimate of drug-likeness (QED) is 0.432. The second-order valence-electron chi connectivity index (χ2n) is 8.55. The third-order valence-electron chi connectivity index (χ3n) is 6.05.